The second-order valence-corrected chi connectivity index (χ2v) is 6.05. The third kappa shape index (κ3) is 6.89. The molecule has 0 atom stereocenters. The van der Waals surface area contributed by atoms with Gasteiger partial charge in [-0.05, 0) is 55.3 Å². The minimum atomic E-state index is -0.125. The molecule has 0 fully saturated rings. The normalized spacial score (nSPS) is 10.1. The predicted octanol–water partition coefficient (Wildman–Crippen LogP) is 4.48. The molecular weight excluding hydrogens is 328 g/mol. The highest BCUT2D eigenvalue weighted by Crippen LogP contribution is 2.18. The number of rotatable bonds is 10. The molecule has 2 aromatic rings. The van der Waals surface area contributed by atoms with Crippen molar-refractivity contribution in [2.45, 2.75) is 20.3 Å². The van der Waals surface area contributed by atoms with Gasteiger partial charge in [0, 0.05) is 17.4 Å². The SMILES string of the molecule is C=C(C)COc1ccc(NCC(=O)Nc2cccc(OCCC)c2)cc1. The van der Waals surface area contributed by atoms with Crippen molar-refractivity contribution in [2.24, 2.45) is 0 Å². The molecular formula is C21H26N2O3. The molecule has 5 nitrogen and oxygen atoms in total. The number of nitrogens with one attached hydrogen (secondary N) is 2. The van der Waals surface area contributed by atoms with Gasteiger partial charge in [-0.25, -0.2) is 0 Å². The second kappa shape index (κ2) is 10.1. The molecule has 0 aliphatic rings. The summed E-state index contributed by atoms with van der Waals surface area (Å²) in [7, 11) is 0. The first kappa shape index (κ1) is 19.4. The van der Waals surface area contributed by atoms with Crippen LogP contribution < -0.4 is 20.1 Å². The van der Waals surface area contributed by atoms with Crippen molar-refractivity contribution in [3.05, 3.63) is 60.7 Å². The number of hydrogen-bond acceptors (Lipinski definition) is 4. The summed E-state index contributed by atoms with van der Waals surface area (Å²) in [4.78, 5) is 12.1. The maximum Gasteiger partial charge on any atom is 0.243 e. The minimum absolute atomic E-state index is 0.125. The van der Waals surface area contributed by atoms with E-state index in [-0.39, 0.29) is 12.5 Å². The highest BCUT2D eigenvalue weighted by molar-refractivity contribution is 5.93. The monoisotopic (exact) mass is 354 g/mol. The fourth-order valence-electron chi connectivity index (χ4n) is 2.15. The lowest BCUT2D eigenvalue weighted by Crippen LogP contribution is -2.21. The lowest BCUT2D eigenvalue weighted by molar-refractivity contribution is -0.114. The second-order valence-electron chi connectivity index (χ2n) is 6.05. The van der Waals surface area contributed by atoms with Gasteiger partial charge < -0.3 is 20.1 Å². The zero-order chi connectivity index (χ0) is 18.8. The standard InChI is InChI=1S/C21H26N2O3/c1-4-12-25-20-7-5-6-18(13-20)23-21(24)14-22-17-8-10-19(11-9-17)26-15-16(2)3/h5-11,13,22H,2,4,12,14-15H2,1,3H3,(H,23,24). The lowest BCUT2D eigenvalue weighted by Gasteiger charge is -2.10. The number of carbonyl (C=O) groups excluding carboxylic acids is 1. The van der Waals surface area contributed by atoms with Crippen LogP contribution in [-0.2, 0) is 4.79 Å². The van der Waals surface area contributed by atoms with E-state index >= 15 is 0 Å². The molecule has 0 aromatic heterocycles. The molecule has 26 heavy (non-hydrogen) atoms. The summed E-state index contributed by atoms with van der Waals surface area (Å²) in [5.41, 5.74) is 2.53. The summed E-state index contributed by atoms with van der Waals surface area (Å²) < 4.78 is 11.1. The van der Waals surface area contributed by atoms with E-state index in [4.69, 9.17) is 9.47 Å². The van der Waals surface area contributed by atoms with Crippen LogP contribution in [-0.4, -0.2) is 25.7 Å². The van der Waals surface area contributed by atoms with Gasteiger partial charge in [0.25, 0.3) is 0 Å². The number of anilines is 2. The first-order valence-corrected chi connectivity index (χ1v) is 8.70. The van der Waals surface area contributed by atoms with Crippen molar-refractivity contribution < 1.29 is 14.3 Å². The van der Waals surface area contributed by atoms with Crippen molar-refractivity contribution in [1.82, 2.24) is 0 Å². The Balaban J connectivity index is 1.80. The Hall–Kier alpha value is -2.95. The van der Waals surface area contributed by atoms with Gasteiger partial charge in [0.05, 0.1) is 13.2 Å². The van der Waals surface area contributed by atoms with Gasteiger partial charge in [0.15, 0.2) is 0 Å². The molecule has 0 heterocycles. The Morgan fingerprint density at radius 2 is 1.81 bits per heavy atom. The van der Waals surface area contributed by atoms with Crippen LogP contribution in [0.1, 0.15) is 20.3 Å². The number of amides is 1. The Labute approximate surface area is 155 Å². The van der Waals surface area contributed by atoms with Gasteiger partial charge in [-0.15, -0.1) is 0 Å². The van der Waals surface area contributed by atoms with Crippen LogP contribution >= 0.6 is 0 Å². The van der Waals surface area contributed by atoms with Crippen LogP contribution in [0.25, 0.3) is 0 Å². The highest BCUT2D eigenvalue weighted by Gasteiger charge is 2.04. The number of carbonyl (C=O) groups is 1. The van der Waals surface area contributed by atoms with Crippen LogP contribution in [0, 0.1) is 0 Å². The highest BCUT2D eigenvalue weighted by atomic mass is 16.5. The van der Waals surface area contributed by atoms with Crippen LogP contribution in [0.3, 0.4) is 0 Å². The zero-order valence-electron chi connectivity index (χ0n) is 15.4. The summed E-state index contributed by atoms with van der Waals surface area (Å²) in [6.45, 7) is 9.10. The van der Waals surface area contributed by atoms with Gasteiger partial charge in [0.1, 0.15) is 18.1 Å². The Morgan fingerprint density at radius 1 is 1.04 bits per heavy atom. The summed E-state index contributed by atoms with van der Waals surface area (Å²) in [5.74, 6) is 1.40. The van der Waals surface area contributed by atoms with Gasteiger partial charge in [-0.3, -0.25) is 4.79 Å². The first-order valence-electron chi connectivity index (χ1n) is 8.70. The maximum absolute atomic E-state index is 12.1. The first-order chi connectivity index (χ1) is 12.6. The number of ether oxygens (including phenoxy) is 2. The molecule has 0 bridgehead atoms. The summed E-state index contributed by atoms with van der Waals surface area (Å²) in [5, 5.41) is 5.95. The van der Waals surface area contributed by atoms with Gasteiger partial charge in [-0.1, -0.05) is 19.6 Å². The van der Waals surface area contributed by atoms with E-state index in [2.05, 4.69) is 24.1 Å². The van der Waals surface area contributed by atoms with Crippen molar-refractivity contribution in [3.8, 4) is 11.5 Å². The Bertz CT molecular complexity index is 726. The maximum atomic E-state index is 12.1. The van der Waals surface area contributed by atoms with E-state index < -0.39 is 0 Å². The number of benzene rings is 2. The van der Waals surface area contributed by atoms with Gasteiger partial charge in [-0.2, -0.15) is 0 Å². The summed E-state index contributed by atoms with van der Waals surface area (Å²) in [6.07, 6.45) is 0.942. The molecule has 2 aromatic carbocycles. The molecule has 0 spiro atoms. The van der Waals surface area contributed by atoms with E-state index in [0.717, 1.165) is 29.2 Å². The largest absolute Gasteiger partial charge is 0.494 e. The van der Waals surface area contributed by atoms with Crippen LogP contribution in [0.2, 0.25) is 0 Å². The predicted molar refractivity (Wildman–Crippen MR) is 106 cm³/mol. The molecule has 5 heteroatoms. The molecule has 0 saturated heterocycles. The fraction of sp³-hybridized carbons (Fsp3) is 0.286. The van der Waals surface area contributed by atoms with Crippen molar-refractivity contribution in [3.63, 3.8) is 0 Å². The minimum Gasteiger partial charge on any atom is -0.494 e. The molecule has 1 amide bonds. The van der Waals surface area contributed by atoms with E-state index in [1.807, 2.05) is 55.5 Å². The third-order valence-electron chi connectivity index (χ3n) is 3.38. The smallest absolute Gasteiger partial charge is 0.243 e. The summed E-state index contributed by atoms with van der Waals surface area (Å²) in [6, 6.07) is 14.9. The summed E-state index contributed by atoms with van der Waals surface area (Å²) >= 11 is 0. The number of hydrogen-bond donors (Lipinski definition) is 2. The van der Waals surface area contributed by atoms with Crippen LogP contribution in [0.5, 0.6) is 11.5 Å². The van der Waals surface area contributed by atoms with E-state index in [9.17, 15) is 4.79 Å². The molecule has 2 rings (SSSR count). The van der Waals surface area contributed by atoms with Gasteiger partial charge >= 0.3 is 0 Å². The van der Waals surface area contributed by atoms with Crippen molar-refractivity contribution >= 4 is 17.3 Å². The zero-order valence-corrected chi connectivity index (χ0v) is 15.4. The third-order valence-corrected chi connectivity index (χ3v) is 3.38. The molecule has 0 aliphatic carbocycles. The Morgan fingerprint density at radius 3 is 2.50 bits per heavy atom. The van der Waals surface area contributed by atoms with Crippen LogP contribution in [0.15, 0.2) is 60.7 Å². The average Bonchev–Trinajstić information content (AvgIpc) is 2.64. The van der Waals surface area contributed by atoms with E-state index in [1.165, 1.54) is 0 Å². The lowest BCUT2D eigenvalue weighted by atomic mass is 10.3. The quantitative estimate of drug-likeness (QED) is 0.618. The van der Waals surface area contributed by atoms with Crippen LogP contribution in [0.4, 0.5) is 11.4 Å². The fourth-order valence-corrected chi connectivity index (χ4v) is 2.15. The molecule has 0 radical (unpaired) electrons. The van der Waals surface area contributed by atoms with Crippen molar-refractivity contribution in [2.75, 3.05) is 30.4 Å². The molecule has 0 unspecified atom stereocenters. The molecule has 0 saturated carbocycles. The van der Waals surface area contributed by atoms with E-state index in [1.54, 1.807) is 0 Å². The van der Waals surface area contributed by atoms with E-state index in [0.29, 0.717) is 18.9 Å². The average molecular weight is 354 g/mol. The molecule has 2 N–H and O–H groups in total. The Kier molecular flexibility index (Phi) is 7.55. The van der Waals surface area contributed by atoms with Crippen molar-refractivity contribution in [1.29, 1.82) is 0 Å². The topological polar surface area (TPSA) is 59.6 Å². The molecule has 138 valence electrons. The van der Waals surface area contributed by atoms with Gasteiger partial charge in [0.2, 0.25) is 5.91 Å². The molecule has 0 aliphatic heterocycles.